The average Bonchev–Trinajstić information content (AvgIpc) is 2.57. The molecule has 2 N–H and O–H groups in total. The minimum absolute atomic E-state index is 0. The molecule has 0 atom stereocenters. The number of nitrogens with zero attached hydrogens (tertiary/aromatic N) is 1. The molecule has 0 bridgehead atoms. The lowest BCUT2D eigenvalue weighted by atomic mass is 9.67. The summed E-state index contributed by atoms with van der Waals surface area (Å²) < 4.78 is 10.2. The Hall–Kier alpha value is -0.570. The number of methoxy groups -OCH3 is 1. The van der Waals surface area contributed by atoms with Crippen LogP contribution in [0.5, 0.6) is 0 Å². The van der Waals surface area contributed by atoms with Crippen molar-refractivity contribution in [3.05, 3.63) is 0 Å². The van der Waals surface area contributed by atoms with Gasteiger partial charge in [0.25, 0.3) is 0 Å². The number of guanidine groups is 1. The van der Waals surface area contributed by atoms with Crippen molar-refractivity contribution in [3.63, 3.8) is 0 Å². The van der Waals surface area contributed by atoms with E-state index in [1.54, 1.807) is 7.11 Å². The van der Waals surface area contributed by atoms with E-state index in [1.807, 2.05) is 14.0 Å². The molecule has 7 heteroatoms. The van der Waals surface area contributed by atoms with Crippen molar-refractivity contribution in [2.45, 2.75) is 64.7 Å². The molecule has 1 aliphatic carbocycles. The second-order valence-corrected chi connectivity index (χ2v) is 6.92. The zero-order chi connectivity index (χ0) is 18.4. The van der Waals surface area contributed by atoms with E-state index in [4.69, 9.17) is 9.47 Å². The van der Waals surface area contributed by atoms with Gasteiger partial charge in [-0.25, -0.2) is 0 Å². The van der Waals surface area contributed by atoms with Crippen molar-refractivity contribution in [1.29, 1.82) is 0 Å². The fourth-order valence-electron chi connectivity index (χ4n) is 3.19. The summed E-state index contributed by atoms with van der Waals surface area (Å²) in [4.78, 5) is 15.6. The van der Waals surface area contributed by atoms with Crippen LogP contribution < -0.4 is 10.6 Å². The molecule has 0 aromatic carbocycles. The second kappa shape index (κ2) is 15.5. The van der Waals surface area contributed by atoms with Gasteiger partial charge in [-0.05, 0) is 44.4 Å². The molecule has 0 aromatic heterocycles. The van der Waals surface area contributed by atoms with E-state index in [9.17, 15) is 4.79 Å². The molecule has 0 unspecified atom stereocenters. The van der Waals surface area contributed by atoms with Gasteiger partial charge < -0.3 is 20.1 Å². The van der Waals surface area contributed by atoms with Gasteiger partial charge in [-0.1, -0.05) is 19.3 Å². The Labute approximate surface area is 176 Å². The Bertz CT molecular complexity index is 401. The molecule has 0 saturated heterocycles. The van der Waals surface area contributed by atoms with E-state index in [0.29, 0.717) is 18.4 Å². The number of carbonyl (C=O) groups is 1. The zero-order valence-electron chi connectivity index (χ0n) is 16.8. The highest BCUT2D eigenvalue weighted by molar-refractivity contribution is 14.0. The topological polar surface area (TPSA) is 72.0 Å². The van der Waals surface area contributed by atoms with Gasteiger partial charge in [0.1, 0.15) is 0 Å². The van der Waals surface area contributed by atoms with Gasteiger partial charge in [0.15, 0.2) is 5.96 Å². The lowest BCUT2D eigenvalue weighted by Gasteiger charge is -2.42. The summed E-state index contributed by atoms with van der Waals surface area (Å²) in [6, 6.07) is 0. The van der Waals surface area contributed by atoms with E-state index in [0.717, 1.165) is 57.8 Å². The van der Waals surface area contributed by atoms with Gasteiger partial charge >= 0.3 is 5.97 Å². The number of esters is 1. The Balaban J connectivity index is 0.00000625. The first-order valence-corrected chi connectivity index (χ1v) is 9.75. The average molecular weight is 483 g/mol. The van der Waals surface area contributed by atoms with Crippen molar-refractivity contribution in [3.8, 4) is 0 Å². The number of unbranched alkanes of at least 4 members (excludes halogenated alkanes) is 3. The lowest BCUT2D eigenvalue weighted by molar-refractivity contribution is -0.143. The number of carbonyl (C=O) groups excluding carboxylic acids is 1. The molecular formula is C19H38IN3O3. The Morgan fingerprint density at radius 3 is 2.46 bits per heavy atom. The molecule has 1 aliphatic rings. The molecule has 1 rings (SSSR count). The standard InChI is InChI=1S/C19H37N3O3.HI/c1-4-25-17(23)10-7-5-6-8-14-21-18(20-2)22-16-19(11-9-12-19)13-15-24-3;/h4-16H2,1-3H3,(H2,20,21,22);1H. The smallest absolute Gasteiger partial charge is 0.305 e. The number of rotatable bonds is 13. The summed E-state index contributed by atoms with van der Waals surface area (Å²) in [6.07, 6.45) is 9.70. The van der Waals surface area contributed by atoms with Crippen LogP contribution in [0.3, 0.4) is 0 Å². The summed E-state index contributed by atoms with van der Waals surface area (Å²) in [5.41, 5.74) is 0.390. The van der Waals surface area contributed by atoms with Crippen LogP contribution in [-0.4, -0.2) is 52.4 Å². The third kappa shape index (κ3) is 10.5. The number of halogens is 1. The maximum Gasteiger partial charge on any atom is 0.305 e. The van der Waals surface area contributed by atoms with Crippen molar-refractivity contribution in [2.24, 2.45) is 10.4 Å². The molecule has 6 nitrogen and oxygen atoms in total. The van der Waals surface area contributed by atoms with Crippen LogP contribution in [0.2, 0.25) is 0 Å². The molecule has 0 amide bonds. The summed E-state index contributed by atoms with van der Waals surface area (Å²) in [6.45, 7) is 5.02. The first-order chi connectivity index (χ1) is 12.2. The molecule has 26 heavy (non-hydrogen) atoms. The Morgan fingerprint density at radius 2 is 1.88 bits per heavy atom. The lowest BCUT2D eigenvalue weighted by Crippen LogP contribution is -2.47. The molecule has 1 fully saturated rings. The molecule has 154 valence electrons. The van der Waals surface area contributed by atoms with Crippen LogP contribution in [0.15, 0.2) is 4.99 Å². The van der Waals surface area contributed by atoms with Crippen LogP contribution in [0.25, 0.3) is 0 Å². The first-order valence-electron chi connectivity index (χ1n) is 9.75. The largest absolute Gasteiger partial charge is 0.466 e. The van der Waals surface area contributed by atoms with Crippen LogP contribution in [0, 0.1) is 5.41 Å². The molecule has 1 saturated carbocycles. The highest BCUT2D eigenvalue weighted by Crippen LogP contribution is 2.43. The molecule has 0 aliphatic heterocycles. The highest BCUT2D eigenvalue weighted by atomic mass is 127. The summed E-state index contributed by atoms with van der Waals surface area (Å²) in [5, 5.41) is 6.86. The first kappa shape index (κ1) is 25.4. The van der Waals surface area contributed by atoms with E-state index >= 15 is 0 Å². The number of hydrogen-bond donors (Lipinski definition) is 2. The predicted molar refractivity (Wildman–Crippen MR) is 117 cm³/mol. The maximum atomic E-state index is 11.2. The maximum absolute atomic E-state index is 11.2. The van der Waals surface area contributed by atoms with Gasteiger partial charge in [0.05, 0.1) is 6.61 Å². The van der Waals surface area contributed by atoms with Crippen LogP contribution in [0.4, 0.5) is 0 Å². The monoisotopic (exact) mass is 483 g/mol. The van der Waals surface area contributed by atoms with Crippen LogP contribution in [0.1, 0.15) is 64.7 Å². The highest BCUT2D eigenvalue weighted by Gasteiger charge is 2.36. The fourth-order valence-corrected chi connectivity index (χ4v) is 3.19. The third-order valence-electron chi connectivity index (χ3n) is 5.01. The SMILES string of the molecule is CCOC(=O)CCCCCCNC(=NC)NCC1(CCOC)CCC1.I. The minimum Gasteiger partial charge on any atom is -0.466 e. The number of ether oxygens (including phenoxy) is 2. The van der Waals surface area contributed by atoms with E-state index < -0.39 is 0 Å². The summed E-state index contributed by atoms with van der Waals surface area (Å²) in [5.74, 6) is 0.804. The Morgan fingerprint density at radius 1 is 1.15 bits per heavy atom. The van der Waals surface area contributed by atoms with E-state index in [-0.39, 0.29) is 29.9 Å². The minimum atomic E-state index is -0.0800. The third-order valence-corrected chi connectivity index (χ3v) is 5.01. The molecule has 0 heterocycles. The van der Waals surface area contributed by atoms with Crippen LogP contribution >= 0.6 is 24.0 Å². The van der Waals surface area contributed by atoms with Gasteiger partial charge in [-0.3, -0.25) is 9.79 Å². The van der Waals surface area contributed by atoms with E-state index in [1.165, 1.54) is 19.3 Å². The Kier molecular flexibility index (Phi) is 15.1. The number of nitrogens with one attached hydrogen (secondary N) is 2. The van der Waals surface area contributed by atoms with Gasteiger partial charge in [-0.2, -0.15) is 0 Å². The molecular weight excluding hydrogens is 445 g/mol. The van der Waals surface area contributed by atoms with Gasteiger partial charge in [0, 0.05) is 40.3 Å². The normalized spacial score (nSPS) is 15.6. The number of aliphatic imine (C=N–C) groups is 1. The fraction of sp³-hybridized carbons (Fsp3) is 0.895. The van der Waals surface area contributed by atoms with Gasteiger partial charge in [0.2, 0.25) is 0 Å². The second-order valence-electron chi connectivity index (χ2n) is 6.92. The predicted octanol–water partition coefficient (Wildman–Crippen LogP) is 3.49. The summed E-state index contributed by atoms with van der Waals surface area (Å²) >= 11 is 0. The van der Waals surface area contributed by atoms with Crippen LogP contribution in [-0.2, 0) is 14.3 Å². The van der Waals surface area contributed by atoms with Crippen molar-refractivity contribution in [1.82, 2.24) is 10.6 Å². The molecule has 0 spiro atoms. The zero-order valence-corrected chi connectivity index (χ0v) is 19.1. The number of hydrogen-bond acceptors (Lipinski definition) is 4. The van der Waals surface area contributed by atoms with Crippen molar-refractivity contribution >= 4 is 35.9 Å². The van der Waals surface area contributed by atoms with E-state index in [2.05, 4.69) is 15.6 Å². The summed E-state index contributed by atoms with van der Waals surface area (Å²) in [7, 11) is 3.59. The van der Waals surface area contributed by atoms with Crippen molar-refractivity contribution in [2.75, 3.05) is 40.5 Å². The molecule has 0 aromatic rings. The van der Waals surface area contributed by atoms with Gasteiger partial charge in [-0.15, -0.1) is 24.0 Å². The quantitative estimate of drug-likeness (QED) is 0.138. The van der Waals surface area contributed by atoms with Crippen molar-refractivity contribution < 1.29 is 14.3 Å². The molecule has 0 radical (unpaired) electrons.